The maximum Gasteiger partial charge on any atom is 0.148 e. The van der Waals surface area contributed by atoms with Crippen molar-refractivity contribution in [2.24, 2.45) is 0 Å². The Balaban J connectivity index is 2.37. The van der Waals surface area contributed by atoms with E-state index in [9.17, 15) is 0 Å². The Morgan fingerprint density at radius 1 is 1.29 bits per heavy atom. The zero-order valence-corrected chi connectivity index (χ0v) is 10.4. The summed E-state index contributed by atoms with van der Waals surface area (Å²) in [5.41, 5.74) is 2.98. The first-order valence-corrected chi connectivity index (χ1v) is 5.35. The fourth-order valence-corrected chi connectivity index (χ4v) is 1.77. The van der Waals surface area contributed by atoms with Gasteiger partial charge in [-0.15, -0.1) is 5.10 Å². The minimum absolute atomic E-state index is 0.557. The first kappa shape index (κ1) is 11.5. The number of aryl methyl sites for hydroxylation is 2. The molecule has 0 aliphatic carbocycles. The second kappa shape index (κ2) is 4.48. The Morgan fingerprint density at radius 3 is 2.65 bits per heavy atom. The molecule has 0 spiro atoms. The van der Waals surface area contributed by atoms with Gasteiger partial charge in [0.25, 0.3) is 0 Å². The van der Waals surface area contributed by atoms with Crippen LogP contribution in [-0.2, 0) is 6.54 Å². The van der Waals surface area contributed by atoms with Crippen molar-refractivity contribution in [1.82, 2.24) is 25.2 Å². The van der Waals surface area contributed by atoms with Crippen molar-refractivity contribution in [3.63, 3.8) is 0 Å². The highest BCUT2D eigenvalue weighted by Crippen LogP contribution is 2.24. The SMILES string of the molecule is COc1c(C)cnc(Cn2nnnc2C)c1C. The lowest BCUT2D eigenvalue weighted by atomic mass is 10.1. The van der Waals surface area contributed by atoms with E-state index in [1.807, 2.05) is 20.8 Å². The largest absolute Gasteiger partial charge is 0.496 e. The van der Waals surface area contributed by atoms with Crippen molar-refractivity contribution in [1.29, 1.82) is 0 Å². The molecule has 0 fully saturated rings. The molecule has 0 unspecified atom stereocenters. The highest BCUT2D eigenvalue weighted by Gasteiger charge is 2.11. The molecule has 0 aromatic carbocycles. The van der Waals surface area contributed by atoms with Crippen LogP contribution in [0.1, 0.15) is 22.6 Å². The van der Waals surface area contributed by atoms with E-state index >= 15 is 0 Å². The molecule has 17 heavy (non-hydrogen) atoms. The lowest BCUT2D eigenvalue weighted by Gasteiger charge is -2.12. The number of tetrazole rings is 1. The van der Waals surface area contributed by atoms with Gasteiger partial charge in [0.05, 0.1) is 19.3 Å². The molecule has 0 atom stereocenters. The van der Waals surface area contributed by atoms with Gasteiger partial charge >= 0.3 is 0 Å². The van der Waals surface area contributed by atoms with Gasteiger partial charge < -0.3 is 4.74 Å². The molecule has 0 aliphatic heterocycles. The average Bonchev–Trinajstić information content (AvgIpc) is 2.69. The number of ether oxygens (including phenoxy) is 1. The summed E-state index contributed by atoms with van der Waals surface area (Å²) in [7, 11) is 1.67. The van der Waals surface area contributed by atoms with Gasteiger partial charge in [0, 0.05) is 17.3 Å². The number of hydrogen-bond donors (Lipinski definition) is 0. The predicted molar refractivity (Wildman–Crippen MR) is 61.9 cm³/mol. The van der Waals surface area contributed by atoms with Gasteiger partial charge in [-0.25, -0.2) is 4.68 Å². The van der Waals surface area contributed by atoms with E-state index in [0.717, 1.165) is 28.4 Å². The molecule has 2 heterocycles. The molecule has 0 radical (unpaired) electrons. The smallest absolute Gasteiger partial charge is 0.148 e. The van der Waals surface area contributed by atoms with Gasteiger partial charge in [-0.3, -0.25) is 4.98 Å². The standard InChI is InChI=1S/C11H15N5O/c1-7-5-12-10(8(2)11(7)17-4)6-16-9(3)13-14-15-16/h5H,6H2,1-4H3. The Bertz CT molecular complexity index is 535. The summed E-state index contributed by atoms with van der Waals surface area (Å²) >= 11 is 0. The fraction of sp³-hybridized carbons (Fsp3) is 0.455. The van der Waals surface area contributed by atoms with Crippen LogP contribution >= 0.6 is 0 Å². The minimum atomic E-state index is 0.557. The maximum absolute atomic E-state index is 5.36. The number of hydrogen-bond acceptors (Lipinski definition) is 5. The minimum Gasteiger partial charge on any atom is -0.496 e. The van der Waals surface area contributed by atoms with Gasteiger partial charge in [-0.1, -0.05) is 0 Å². The highest BCUT2D eigenvalue weighted by molar-refractivity contribution is 5.41. The van der Waals surface area contributed by atoms with Crippen LogP contribution in [0.4, 0.5) is 0 Å². The molecule has 0 N–H and O–H groups in total. The van der Waals surface area contributed by atoms with Gasteiger partial charge in [0.1, 0.15) is 11.6 Å². The van der Waals surface area contributed by atoms with Crippen LogP contribution in [0.25, 0.3) is 0 Å². The van der Waals surface area contributed by atoms with Gasteiger partial charge in [0.15, 0.2) is 0 Å². The van der Waals surface area contributed by atoms with Crippen LogP contribution in [0, 0.1) is 20.8 Å². The number of pyridine rings is 1. The van der Waals surface area contributed by atoms with Crippen LogP contribution in [0.15, 0.2) is 6.20 Å². The Labute approximate surface area is 99.6 Å². The van der Waals surface area contributed by atoms with Gasteiger partial charge in [-0.2, -0.15) is 0 Å². The van der Waals surface area contributed by atoms with E-state index in [1.165, 1.54) is 0 Å². The van der Waals surface area contributed by atoms with Crippen molar-refractivity contribution in [3.8, 4) is 5.75 Å². The first-order chi connectivity index (χ1) is 8.13. The van der Waals surface area contributed by atoms with Crippen LogP contribution in [0.5, 0.6) is 5.75 Å². The second-order valence-electron chi connectivity index (χ2n) is 3.93. The van der Waals surface area contributed by atoms with Crippen molar-refractivity contribution >= 4 is 0 Å². The van der Waals surface area contributed by atoms with Crippen molar-refractivity contribution in [2.75, 3.05) is 7.11 Å². The van der Waals surface area contributed by atoms with E-state index < -0.39 is 0 Å². The normalized spacial score (nSPS) is 10.6. The molecule has 6 heteroatoms. The molecule has 0 saturated heterocycles. The van der Waals surface area contributed by atoms with E-state index in [2.05, 4.69) is 20.5 Å². The fourth-order valence-electron chi connectivity index (χ4n) is 1.77. The molecule has 6 nitrogen and oxygen atoms in total. The van der Waals surface area contributed by atoms with E-state index in [1.54, 1.807) is 18.0 Å². The third-order valence-electron chi connectivity index (χ3n) is 2.76. The molecule has 0 bridgehead atoms. The van der Waals surface area contributed by atoms with E-state index in [4.69, 9.17) is 4.74 Å². The Kier molecular flexibility index (Phi) is 3.03. The summed E-state index contributed by atoms with van der Waals surface area (Å²) < 4.78 is 7.08. The quantitative estimate of drug-likeness (QED) is 0.792. The second-order valence-corrected chi connectivity index (χ2v) is 3.93. The first-order valence-electron chi connectivity index (χ1n) is 5.35. The van der Waals surface area contributed by atoms with E-state index in [0.29, 0.717) is 6.54 Å². The van der Waals surface area contributed by atoms with Crippen molar-refractivity contribution in [3.05, 3.63) is 28.8 Å². The molecule has 2 rings (SSSR count). The lowest BCUT2D eigenvalue weighted by Crippen LogP contribution is -2.09. The summed E-state index contributed by atoms with van der Waals surface area (Å²) in [6.07, 6.45) is 1.81. The predicted octanol–water partition coefficient (Wildman–Crippen LogP) is 1.05. The van der Waals surface area contributed by atoms with Crippen LogP contribution < -0.4 is 4.74 Å². The summed E-state index contributed by atoms with van der Waals surface area (Å²) in [6.45, 7) is 6.39. The number of methoxy groups -OCH3 is 1. The summed E-state index contributed by atoms with van der Waals surface area (Å²) in [4.78, 5) is 4.41. The number of aromatic nitrogens is 5. The molecule has 0 amide bonds. The van der Waals surface area contributed by atoms with Gasteiger partial charge in [-0.05, 0) is 31.2 Å². The zero-order chi connectivity index (χ0) is 12.4. The zero-order valence-electron chi connectivity index (χ0n) is 10.4. The molecule has 0 aliphatic rings. The third-order valence-corrected chi connectivity index (χ3v) is 2.76. The van der Waals surface area contributed by atoms with Gasteiger partial charge in [0.2, 0.25) is 0 Å². The lowest BCUT2D eigenvalue weighted by molar-refractivity contribution is 0.406. The summed E-state index contributed by atoms with van der Waals surface area (Å²) in [5.74, 6) is 1.64. The molecule has 2 aromatic rings. The van der Waals surface area contributed by atoms with E-state index in [-0.39, 0.29) is 0 Å². The molecule has 0 saturated carbocycles. The molecular weight excluding hydrogens is 218 g/mol. The maximum atomic E-state index is 5.36. The number of nitrogens with zero attached hydrogens (tertiary/aromatic N) is 5. The van der Waals surface area contributed by atoms with Crippen LogP contribution in [-0.4, -0.2) is 32.3 Å². The molecular formula is C11H15N5O. The molecule has 2 aromatic heterocycles. The Morgan fingerprint density at radius 2 is 2.06 bits per heavy atom. The summed E-state index contributed by atoms with van der Waals surface area (Å²) in [6, 6.07) is 0. The topological polar surface area (TPSA) is 65.7 Å². The van der Waals surface area contributed by atoms with Crippen molar-refractivity contribution < 1.29 is 4.74 Å². The van der Waals surface area contributed by atoms with Crippen LogP contribution in [0.3, 0.4) is 0 Å². The highest BCUT2D eigenvalue weighted by atomic mass is 16.5. The van der Waals surface area contributed by atoms with Crippen molar-refractivity contribution in [2.45, 2.75) is 27.3 Å². The molecule has 90 valence electrons. The third kappa shape index (κ3) is 2.11. The Hall–Kier alpha value is -1.98. The van der Waals surface area contributed by atoms with Crippen LogP contribution in [0.2, 0.25) is 0 Å². The number of rotatable bonds is 3. The average molecular weight is 233 g/mol. The monoisotopic (exact) mass is 233 g/mol. The summed E-state index contributed by atoms with van der Waals surface area (Å²) in [5, 5.41) is 11.4.